The van der Waals surface area contributed by atoms with Crippen molar-refractivity contribution in [3.05, 3.63) is 53.6 Å². The third-order valence-corrected chi connectivity index (χ3v) is 2.87. The van der Waals surface area contributed by atoms with Gasteiger partial charge in [-0.15, -0.1) is 6.58 Å². The van der Waals surface area contributed by atoms with Gasteiger partial charge in [0, 0.05) is 10.4 Å². The molecule has 0 fully saturated rings. The second-order valence-corrected chi connectivity index (χ2v) is 5.06. The summed E-state index contributed by atoms with van der Waals surface area (Å²) in [7, 11) is 0. The minimum Gasteiger partial charge on any atom is -0.294 e. The highest BCUT2D eigenvalue weighted by Crippen LogP contribution is 2.23. The number of benzene rings is 1. The Morgan fingerprint density at radius 2 is 1.94 bits per heavy atom. The molecule has 0 spiro atoms. The van der Waals surface area contributed by atoms with Crippen LogP contribution < -0.4 is 0 Å². The highest BCUT2D eigenvalue weighted by atomic mass is 35.5. The molecule has 0 aliphatic heterocycles. The van der Waals surface area contributed by atoms with Crippen molar-refractivity contribution < 1.29 is 4.79 Å². The van der Waals surface area contributed by atoms with Crippen LogP contribution in [0.3, 0.4) is 0 Å². The van der Waals surface area contributed by atoms with Crippen molar-refractivity contribution in [1.29, 1.82) is 0 Å². The summed E-state index contributed by atoms with van der Waals surface area (Å²) in [5, 5.41) is 0.695. The summed E-state index contributed by atoms with van der Waals surface area (Å²) >= 11 is 5.79. The van der Waals surface area contributed by atoms with Crippen molar-refractivity contribution >= 4 is 23.5 Å². The van der Waals surface area contributed by atoms with Gasteiger partial charge in [0.05, 0.1) is 0 Å². The average molecular weight is 249 g/mol. The fourth-order valence-corrected chi connectivity index (χ4v) is 1.56. The SMILES string of the molecule is C=CCC(C)(C)C(=O)/C=C/c1ccc(Cl)cc1. The normalized spacial score (nSPS) is 11.7. The van der Waals surface area contributed by atoms with E-state index >= 15 is 0 Å². The lowest BCUT2D eigenvalue weighted by atomic mass is 9.84. The van der Waals surface area contributed by atoms with Gasteiger partial charge < -0.3 is 0 Å². The Kier molecular flexibility index (Phi) is 4.71. The predicted octanol–water partition coefficient (Wildman–Crippen LogP) is 4.52. The molecule has 0 aromatic heterocycles. The van der Waals surface area contributed by atoms with Gasteiger partial charge in [-0.2, -0.15) is 0 Å². The van der Waals surface area contributed by atoms with Gasteiger partial charge in [0.15, 0.2) is 5.78 Å². The largest absolute Gasteiger partial charge is 0.294 e. The van der Waals surface area contributed by atoms with E-state index in [4.69, 9.17) is 11.6 Å². The zero-order valence-corrected chi connectivity index (χ0v) is 11.0. The second-order valence-electron chi connectivity index (χ2n) is 4.63. The van der Waals surface area contributed by atoms with Gasteiger partial charge >= 0.3 is 0 Å². The van der Waals surface area contributed by atoms with Gasteiger partial charge in [-0.3, -0.25) is 4.79 Å². The van der Waals surface area contributed by atoms with Crippen molar-refractivity contribution in [2.24, 2.45) is 5.41 Å². The molecule has 0 bridgehead atoms. The zero-order valence-electron chi connectivity index (χ0n) is 10.2. The van der Waals surface area contributed by atoms with Crippen LogP contribution in [0.5, 0.6) is 0 Å². The van der Waals surface area contributed by atoms with Crippen molar-refractivity contribution in [3.63, 3.8) is 0 Å². The Balaban J connectivity index is 2.74. The number of hydrogen-bond acceptors (Lipinski definition) is 1. The number of halogens is 1. The average Bonchev–Trinajstić information content (AvgIpc) is 2.27. The van der Waals surface area contributed by atoms with Crippen LogP contribution in [0, 0.1) is 5.41 Å². The van der Waals surface area contributed by atoms with Gasteiger partial charge in [-0.25, -0.2) is 0 Å². The Bertz CT molecular complexity index is 427. The molecule has 0 radical (unpaired) electrons. The van der Waals surface area contributed by atoms with Crippen LogP contribution in [-0.2, 0) is 4.79 Å². The van der Waals surface area contributed by atoms with Crippen LogP contribution in [0.15, 0.2) is 43.0 Å². The Hall–Kier alpha value is -1.34. The molecule has 90 valence electrons. The molecule has 1 nitrogen and oxygen atoms in total. The second kappa shape index (κ2) is 5.83. The van der Waals surface area contributed by atoms with Crippen molar-refractivity contribution in [2.75, 3.05) is 0 Å². The number of carbonyl (C=O) groups excluding carboxylic acids is 1. The van der Waals surface area contributed by atoms with E-state index in [0.29, 0.717) is 11.4 Å². The van der Waals surface area contributed by atoms with E-state index in [1.54, 1.807) is 24.3 Å². The fraction of sp³-hybridized carbons (Fsp3) is 0.267. The van der Waals surface area contributed by atoms with E-state index in [1.807, 2.05) is 32.1 Å². The minimum atomic E-state index is -0.384. The summed E-state index contributed by atoms with van der Waals surface area (Å²) in [6.07, 6.45) is 5.88. The van der Waals surface area contributed by atoms with Gasteiger partial charge in [0.2, 0.25) is 0 Å². The summed E-state index contributed by atoms with van der Waals surface area (Å²) in [5.74, 6) is 0.104. The van der Waals surface area contributed by atoms with Crippen molar-refractivity contribution in [3.8, 4) is 0 Å². The standard InChI is InChI=1S/C15H17ClO/c1-4-11-15(2,3)14(17)10-7-12-5-8-13(16)9-6-12/h4-10H,1,11H2,2-3H3/b10-7+. The molecule has 0 amide bonds. The summed E-state index contributed by atoms with van der Waals surface area (Å²) in [6.45, 7) is 7.50. The molecule has 0 aliphatic carbocycles. The van der Waals surface area contributed by atoms with Crippen LogP contribution in [0.25, 0.3) is 6.08 Å². The summed E-state index contributed by atoms with van der Waals surface area (Å²) in [6, 6.07) is 7.38. The number of carbonyl (C=O) groups is 1. The maximum atomic E-state index is 11.9. The molecule has 0 N–H and O–H groups in total. The first-order valence-corrected chi connectivity index (χ1v) is 5.92. The molecule has 0 aliphatic rings. The molecule has 0 atom stereocenters. The topological polar surface area (TPSA) is 17.1 Å². The Morgan fingerprint density at radius 1 is 1.35 bits per heavy atom. The highest BCUT2D eigenvalue weighted by molar-refractivity contribution is 6.30. The van der Waals surface area contributed by atoms with Gasteiger partial charge in [-0.05, 0) is 30.2 Å². The van der Waals surface area contributed by atoms with Crippen LogP contribution in [0.4, 0.5) is 0 Å². The van der Waals surface area contributed by atoms with E-state index in [1.165, 1.54) is 0 Å². The van der Waals surface area contributed by atoms with E-state index in [-0.39, 0.29) is 11.2 Å². The van der Waals surface area contributed by atoms with Gasteiger partial charge in [0.1, 0.15) is 0 Å². The smallest absolute Gasteiger partial charge is 0.161 e. The van der Waals surface area contributed by atoms with Crippen LogP contribution in [0.1, 0.15) is 25.8 Å². The molecule has 0 heterocycles. The number of hydrogen-bond donors (Lipinski definition) is 0. The molecule has 0 saturated carbocycles. The quantitative estimate of drug-likeness (QED) is 0.553. The van der Waals surface area contributed by atoms with Crippen molar-refractivity contribution in [1.82, 2.24) is 0 Å². The first-order chi connectivity index (χ1) is 7.95. The molecular formula is C15H17ClO. The van der Waals surface area contributed by atoms with Crippen LogP contribution in [-0.4, -0.2) is 5.78 Å². The molecule has 1 aromatic carbocycles. The Labute approximate surface area is 108 Å². The van der Waals surface area contributed by atoms with E-state index < -0.39 is 0 Å². The third-order valence-electron chi connectivity index (χ3n) is 2.62. The Morgan fingerprint density at radius 3 is 2.47 bits per heavy atom. The number of ketones is 1. The molecule has 2 heteroatoms. The molecular weight excluding hydrogens is 232 g/mol. The van der Waals surface area contributed by atoms with E-state index in [2.05, 4.69) is 6.58 Å². The lowest BCUT2D eigenvalue weighted by molar-refractivity contribution is -0.121. The molecule has 1 rings (SSSR count). The number of rotatable bonds is 5. The summed E-state index contributed by atoms with van der Waals surface area (Å²) in [4.78, 5) is 11.9. The zero-order chi connectivity index (χ0) is 12.9. The van der Waals surface area contributed by atoms with Crippen LogP contribution >= 0.6 is 11.6 Å². The van der Waals surface area contributed by atoms with Gasteiger partial charge in [0.25, 0.3) is 0 Å². The van der Waals surface area contributed by atoms with Crippen LogP contribution in [0.2, 0.25) is 5.02 Å². The van der Waals surface area contributed by atoms with Crippen molar-refractivity contribution in [2.45, 2.75) is 20.3 Å². The third kappa shape index (κ3) is 4.20. The van der Waals surface area contributed by atoms with E-state index in [9.17, 15) is 4.79 Å². The first kappa shape index (κ1) is 13.7. The minimum absolute atomic E-state index is 0.104. The highest BCUT2D eigenvalue weighted by Gasteiger charge is 2.23. The molecule has 17 heavy (non-hydrogen) atoms. The summed E-state index contributed by atoms with van der Waals surface area (Å²) < 4.78 is 0. The maximum absolute atomic E-state index is 11.9. The molecule has 0 unspecified atom stereocenters. The number of allylic oxidation sites excluding steroid dienone is 2. The molecule has 0 saturated heterocycles. The predicted molar refractivity (Wildman–Crippen MR) is 74.1 cm³/mol. The lowest BCUT2D eigenvalue weighted by Crippen LogP contribution is -2.21. The monoisotopic (exact) mass is 248 g/mol. The summed E-state index contributed by atoms with van der Waals surface area (Å²) in [5.41, 5.74) is 0.585. The first-order valence-electron chi connectivity index (χ1n) is 5.55. The lowest BCUT2D eigenvalue weighted by Gasteiger charge is -2.18. The van der Waals surface area contributed by atoms with Gasteiger partial charge in [-0.1, -0.05) is 49.7 Å². The van der Waals surface area contributed by atoms with E-state index in [0.717, 1.165) is 5.56 Å². The maximum Gasteiger partial charge on any atom is 0.161 e. The fourth-order valence-electron chi connectivity index (χ4n) is 1.43. The molecule has 1 aromatic rings.